The number of rotatable bonds is 6. The number of benzene rings is 1. The third kappa shape index (κ3) is 4.99. The van der Waals surface area contributed by atoms with Gasteiger partial charge in [0.2, 0.25) is 15.9 Å². The summed E-state index contributed by atoms with van der Waals surface area (Å²) < 4.78 is 37.5. The van der Waals surface area contributed by atoms with Gasteiger partial charge >= 0.3 is 5.97 Å². The van der Waals surface area contributed by atoms with E-state index >= 15 is 0 Å². The molecule has 3 rings (SSSR count). The molecule has 31 heavy (non-hydrogen) atoms. The molecular formula is C22H28N2O6S. The van der Waals surface area contributed by atoms with Crippen LogP contribution in [0.5, 0.6) is 0 Å². The number of carbonyl (C=O) groups is 2. The zero-order valence-electron chi connectivity index (χ0n) is 18.2. The Morgan fingerprint density at radius 1 is 1.13 bits per heavy atom. The lowest BCUT2D eigenvalue weighted by Gasteiger charge is -2.30. The maximum absolute atomic E-state index is 12.9. The van der Waals surface area contributed by atoms with Gasteiger partial charge in [-0.3, -0.25) is 4.79 Å². The molecule has 0 atom stereocenters. The van der Waals surface area contributed by atoms with E-state index in [0.717, 1.165) is 11.1 Å². The molecule has 1 aliphatic heterocycles. The highest BCUT2D eigenvalue weighted by molar-refractivity contribution is 7.89. The SMILES string of the molecule is COC(=O)c1cc(CNC(=O)C2CCN(S(=O)(=O)c3ccc(C)c(C)c3)CC2)oc1C. The van der Waals surface area contributed by atoms with Crippen molar-refractivity contribution in [2.45, 2.75) is 45.1 Å². The third-order valence-corrected chi connectivity index (χ3v) is 7.65. The van der Waals surface area contributed by atoms with Gasteiger partial charge in [0.15, 0.2) is 0 Å². The third-order valence-electron chi connectivity index (χ3n) is 5.75. The van der Waals surface area contributed by atoms with E-state index in [1.165, 1.54) is 11.4 Å². The quantitative estimate of drug-likeness (QED) is 0.681. The summed E-state index contributed by atoms with van der Waals surface area (Å²) in [7, 11) is -2.28. The highest BCUT2D eigenvalue weighted by Crippen LogP contribution is 2.25. The average molecular weight is 449 g/mol. The Morgan fingerprint density at radius 2 is 1.81 bits per heavy atom. The molecule has 1 saturated heterocycles. The molecule has 1 aromatic carbocycles. The first kappa shape index (κ1) is 23.0. The maximum atomic E-state index is 12.9. The van der Waals surface area contributed by atoms with Crippen LogP contribution in [0.1, 0.15) is 45.8 Å². The monoisotopic (exact) mass is 448 g/mol. The highest BCUT2D eigenvalue weighted by Gasteiger charge is 2.32. The Hall–Kier alpha value is -2.65. The first-order valence-corrected chi connectivity index (χ1v) is 11.6. The minimum absolute atomic E-state index is 0.151. The fourth-order valence-electron chi connectivity index (χ4n) is 3.64. The zero-order chi connectivity index (χ0) is 22.8. The van der Waals surface area contributed by atoms with Crippen molar-refractivity contribution in [3.63, 3.8) is 0 Å². The van der Waals surface area contributed by atoms with E-state index in [4.69, 9.17) is 9.15 Å². The Bertz CT molecular complexity index is 1080. The number of piperidine rings is 1. The van der Waals surface area contributed by atoms with Crippen LogP contribution in [0.4, 0.5) is 0 Å². The molecule has 1 aromatic heterocycles. The topological polar surface area (TPSA) is 106 Å². The van der Waals surface area contributed by atoms with Crippen molar-refractivity contribution >= 4 is 21.9 Å². The molecule has 1 amide bonds. The Balaban J connectivity index is 1.56. The smallest absolute Gasteiger partial charge is 0.341 e. The lowest BCUT2D eigenvalue weighted by Crippen LogP contribution is -2.42. The average Bonchev–Trinajstić information content (AvgIpc) is 3.13. The van der Waals surface area contributed by atoms with Gasteiger partial charge < -0.3 is 14.5 Å². The Labute approximate surface area is 182 Å². The molecule has 2 heterocycles. The number of amides is 1. The summed E-state index contributed by atoms with van der Waals surface area (Å²) in [6.45, 7) is 6.22. The number of nitrogens with zero attached hydrogens (tertiary/aromatic N) is 1. The fourth-order valence-corrected chi connectivity index (χ4v) is 5.20. The van der Waals surface area contributed by atoms with E-state index in [1.54, 1.807) is 25.1 Å². The highest BCUT2D eigenvalue weighted by atomic mass is 32.2. The van der Waals surface area contributed by atoms with Crippen LogP contribution in [0, 0.1) is 26.7 Å². The second-order valence-electron chi connectivity index (χ2n) is 7.82. The molecule has 1 aliphatic rings. The second kappa shape index (κ2) is 9.23. The fraction of sp³-hybridized carbons (Fsp3) is 0.455. The first-order chi connectivity index (χ1) is 14.6. The molecule has 8 nitrogen and oxygen atoms in total. The number of ether oxygens (including phenoxy) is 1. The number of furan rings is 1. The van der Waals surface area contributed by atoms with Crippen molar-refractivity contribution < 1.29 is 27.2 Å². The van der Waals surface area contributed by atoms with Gasteiger partial charge in [0.25, 0.3) is 0 Å². The molecule has 0 aliphatic carbocycles. The number of carbonyl (C=O) groups excluding carboxylic acids is 2. The number of nitrogens with one attached hydrogen (secondary N) is 1. The molecule has 0 saturated carbocycles. The number of sulfonamides is 1. The molecule has 1 fully saturated rings. The standard InChI is InChI=1S/C22H28N2O6S/c1-14-5-6-19(11-15(14)2)31(27,28)24-9-7-17(8-10-24)21(25)23-13-18-12-20(16(3)30-18)22(26)29-4/h5-6,11-12,17H,7-10,13H2,1-4H3,(H,23,25). The summed E-state index contributed by atoms with van der Waals surface area (Å²) >= 11 is 0. The van der Waals surface area contributed by atoms with Gasteiger partial charge in [0, 0.05) is 19.0 Å². The van der Waals surface area contributed by atoms with Crippen LogP contribution in [-0.4, -0.2) is 44.8 Å². The molecule has 2 aromatic rings. The Kier molecular flexibility index (Phi) is 6.86. The van der Waals surface area contributed by atoms with Crippen LogP contribution in [0.15, 0.2) is 33.6 Å². The van der Waals surface area contributed by atoms with Crippen molar-refractivity contribution in [3.8, 4) is 0 Å². The van der Waals surface area contributed by atoms with E-state index in [9.17, 15) is 18.0 Å². The number of esters is 1. The molecular weight excluding hydrogens is 420 g/mol. The minimum atomic E-state index is -3.58. The summed E-state index contributed by atoms with van der Waals surface area (Å²) in [5.74, 6) is -0.0302. The van der Waals surface area contributed by atoms with Gasteiger partial charge in [-0.2, -0.15) is 4.31 Å². The normalized spacial score (nSPS) is 15.6. The number of hydrogen-bond donors (Lipinski definition) is 1. The zero-order valence-corrected chi connectivity index (χ0v) is 19.0. The van der Waals surface area contributed by atoms with Crippen LogP contribution >= 0.6 is 0 Å². The van der Waals surface area contributed by atoms with E-state index in [-0.39, 0.29) is 23.3 Å². The van der Waals surface area contributed by atoms with Crippen molar-refractivity contribution in [2.75, 3.05) is 20.2 Å². The molecule has 0 spiro atoms. The molecule has 0 radical (unpaired) electrons. The van der Waals surface area contributed by atoms with E-state index in [2.05, 4.69) is 5.32 Å². The van der Waals surface area contributed by atoms with E-state index in [1.807, 2.05) is 19.9 Å². The van der Waals surface area contributed by atoms with Crippen LogP contribution < -0.4 is 5.32 Å². The summed E-state index contributed by atoms with van der Waals surface area (Å²) in [4.78, 5) is 24.5. The van der Waals surface area contributed by atoms with Crippen molar-refractivity contribution in [1.29, 1.82) is 0 Å². The van der Waals surface area contributed by atoms with E-state index < -0.39 is 16.0 Å². The van der Waals surface area contributed by atoms with Crippen molar-refractivity contribution in [3.05, 3.63) is 52.5 Å². The lowest BCUT2D eigenvalue weighted by atomic mass is 9.97. The summed E-state index contributed by atoms with van der Waals surface area (Å²) in [5, 5.41) is 2.81. The van der Waals surface area contributed by atoms with E-state index in [0.29, 0.717) is 43.0 Å². The lowest BCUT2D eigenvalue weighted by molar-refractivity contribution is -0.126. The summed E-state index contributed by atoms with van der Waals surface area (Å²) in [5.41, 5.74) is 2.30. The van der Waals surface area contributed by atoms with Gasteiger partial charge in [-0.05, 0) is 62.9 Å². The summed E-state index contributed by atoms with van der Waals surface area (Å²) in [6.07, 6.45) is 0.890. The molecule has 0 unspecified atom stereocenters. The van der Waals surface area contributed by atoms with Gasteiger partial charge in [0.1, 0.15) is 17.1 Å². The van der Waals surface area contributed by atoms with Crippen LogP contribution in [-0.2, 0) is 26.1 Å². The molecule has 9 heteroatoms. The largest absolute Gasteiger partial charge is 0.465 e. The predicted octanol–water partition coefficient (Wildman–Crippen LogP) is 2.71. The minimum Gasteiger partial charge on any atom is -0.465 e. The van der Waals surface area contributed by atoms with Crippen molar-refractivity contribution in [2.24, 2.45) is 5.92 Å². The predicted molar refractivity (Wildman–Crippen MR) is 114 cm³/mol. The maximum Gasteiger partial charge on any atom is 0.341 e. The first-order valence-electron chi connectivity index (χ1n) is 10.2. The molecule has 0 bridgehead atoms. The van der Waals surface area contributed by atoms with Crippen LogP contribution in [0.3, 0.4) is 0 Å². The Morgan fingerprint density at radius 3 is 2.42 bits per heavy atom. The van der Waals surface area contributed by atoms with Gasteiger partial charge in [0.05, 0.1) is 18.6 Å². The van der Waals surface area contributed by atoms with Crippen molar-refractivity contribution in [1.82, 2.24) is 9.62 Å². The molecule has 1 N–H and O–H groups in total. The second-order valence-corrected chi connectivity index (χ2v) is 9.75. The van der Waals surface area contributed by atoms with Gasteiger partial charge in [-0.15, -0.1) is 0 Å². The van der Waals surface area contributed by atoms with Crippen LogP contribution in [0.2, 0.25) is 0 Å². The van der Waals surface area contributed by atoms with Gasteiger partial charge in [-0.1, -0.05) is 6.07 Å². The van der Waals surface area contributed by atoms with Gasteiger partial charge in [-0.25, -0.2) is 13.2 Å². The number of hydrogen-bond acceptors (Lipinski definition) is 6. The number of methoxy groups -OCH3 is 1. The molecule has 168 valence electrons. The van der Waals surface area contributed by atoms with Crippen LogP contribution in [0.25, 0.3) is 0 Å². The summed E-state index contributed by atoms with van der Waals surface area (Å²) in [6, 6.07) is 6.69. The number of aryl methyl sites for hydroxylation is 3.